The van der Waals surface area contributed by atoms with Crippen LogP contribution in [-0.4, -0.2) is 40.4 Å². The SMILES string of the molecule is Cc1cc(N[C@H]2CCc3nnc(Cc4ccccc4)n3C2)n2ncnc2n1. The summed E-state index contributed by atoms with van der Waals surface area (Å²) in [5, 5.41) is 16.7. The number of aromatic nitrogens is 7. The van der Waals surface area contributed by atoms with Crippen molar-refractivity contribution in [1.82, 2.24) is 34.3 Å². The molecule has 4 heterocycles. The van der Waals surface area contributed by atoms with Crippen molar-refractivity contribution in [3.63, 3.8) is 0 Å². The largest absolute Gasteiger partial charge is 0.365 e. The summed E-state index contributed by atoms with van der Waals surface area (Å²) in [6.07, 6.45) is 4.23. The standard InChI is InChI=1S/C19H20N8/c1-13-9-17(27-19(22-13)20-12-21-27)23-15-7-8-16-24-25-18(26(16)11-15)10-14-5-3-2-4-6-14/h2-6,9,12,15,23H,7-8,10-11H2,1H3/t15-/m0/s1. The van der Waals surface area contributed by atoms with Crippen LogP contribution in [0.1, 0.15) is 29.3 Å². The van der Waals surface area contributed by atoms with E-state index in [9.17, 15) is 0 Å². The van der Waals surface area contributed by atoms with Gasteiger partial charge in [0, 0.05) is 37.2 Å². The summed E-state index contributed by atoms with van der Waals surface area (Å²) >= 11 is 0. The number of nitrogens with zero attached hydrogens (tertiary/aromatic N) is 7. The summed E-state index contributed by atoms with van der Waals surface area (Å²) in [7, 11) is 0. The molecule has 0 unspecified atom stereocenters. The molecule has 0 amide bonds. The Hall–Kier alpha value is -3.29. The normalized spacial score (nSPS) is 16.4. The molecule has 1 atom stereocenters. The van der Waals surface area contributed by atoms with Crippen molar-refractivity contribution in [2.45, 2.75) is 38.8 Å². The maximum atomic E-state index is 4.44. The minimum absolute atomic E-state index is 0.275. The second-order valence-electron chi connectivity index (χ2n) is 6.94. The Bertz CT molecular complexity index is 1080. The predicted octanol–water partition coefficient (Wildman–Crippen LogP) is 2.04. The lowest BCUT2D eigenvalue weighted by molar-refractivity contribution is 0.465. The lowest BCUT2D eigenvalue weighted by Crippen LogP contribution is -2.33. The van der Waals surface area contributed by atoms with Gasteiger partial charge in [-0.1, -0.05) is 30.3 Å². The fourth-order valence-electron chi connectivity index (χ4n) is 3.65. The van der Waals surface area contributed by atoms with E-state index in [0.29, 0.717) is 5.78 Å². The van der Waals surface area contributed by atoms with Gasteiger partial charge in [-0.05, 0) is 18.9 Å². The Morgan fingerprint density at radius 3 is 2.96 bits per heavy atom. The number of hydrogen-bond donors (Lipinski definition) is 1. The van der Waals surface area contributed by atoms with Gasteiger partial charge in [0.25, 0.3) is 5.78 Å². The molecule has 0 spiro atoms. The van der Waals surface area contributed by atoms with E-state index < -0.39 is 0 Å². The van der Waals surface area contributed by atoms with E-state index in [0.717, 1.165) is 49.0 Å². The summed E-state index contributed by atoms with van der Waals surface area (Å²) < 4.78 is 4.00. The average Bonchev–Trinajstić information content (AvgIpc) is 3.30. The summed E-state index contributed by atoms with van der Waals surface area (Å²) in [6.45, 7) is 2.80. The number of hydrogen-bond acceptors (Lipinski definition) is 6. The summed E-state index contributed by atoms with van der Waals surface area (Å²) in [5.74, 6) is 3.61. The van der Waals surface area contributed by atoms with Gasteiger partial charge in [0.1, 0.15) is 23.8 Å². The molecule has 5 rings (SSSR count). The van der Waals surface area contributed by atoms with Gasteiger partial charge in [-0.2, -0.15) is 14.6 Å². The summed E-state index contributed by atoms with van der Waals surface area (Å²) in [5.41, 5.74) is 2.17. The predicted molar refractivity (Wildman–Crippen MR) is 101 cm³/mol. The lowest BCUT2D eigenvalue weighted by atomic mass is 10.1. The zero-order chi connectivity index (χ0) is 18.2. The first-order chi connectivity index (χ1) is 13.3. The Kier molecular flexibility index (Phi) is 3.81. The summed E-state index contributed by atoms with van der Waals surface area (Å²) in [6, 6.07) is 12.7. The van der Waals surface area contributed by atoms with Crippen molar-refractivity contribution in [3.05, 3.63) is 65.6 Å². The molecule has 0 bridgehead atoms. The maximum Gasteiger partial charge on any atom is 0.254 e. The monoisotopic (exact) mass is 360 g/mol. The molecule has 1 aliphatic rings. The van der Waals surface area contributed by atoms with Crippen molar-refractivity contribution in [2.75, 3.05) is 5.32 Å². The second-order valence-corrected chi connectivity index (χ2v) is 6.94. The second kappa shape index (κ2) is 6.46. The highest BCUT2D eigenvalue weighted by molar-refractivity contribution is 5.45. The first kappa shape index (κ1) is 15.9. The third-order valence-electron chi connectivity index (χ3n) is 4.96. The molecule has 1 aliphatic heterocycles. The number of benzene rings is 1. The van der Waals surface area contributed by atoms with Crippen LogP contribution in [0.2, 0.25) is 0 Å². The van der Waals surface area contributed by atoms with Crippen molar-refractivity contribution < 1.29 is 0 Å². The zero-order valence-electron chi connectivity index (χ0n) is 15.1. The van der Waals surface area contributed by atoms with Crippen molar-refractivity contribution in [1.29, 1.82) is 0 Å². The van der Waals surface area contributed by atoms with Crippen LogP contribution in [0.25, 0.3) is 5.78 Å². The van der Waals surface area contributed by atoms with Gasteiger partial charge in [-0.3, -0.25) is 0 Å². The zero-order valence-corrected chi connectivity index (χ0v) is 15.1. The highest BCUT2D eigenvalue weighted by atomic mass is 15.4. The third kappa shape index (κ3) is 3.03. The Morgan fingerprint density at radius 1 is 1.19 bits per heavy atom. The van der Waals surface area contributed by atoms with Gasteiger partial charge < -0.3 is 9.88 Å². The van der Waals surface area contributed by atoms with E-state index in [-0.39, 0.29) is 6.04 Å². The van der Waals surface area contributed by atoms with Gasteiger partial charge in [0.15, 0.2) is 0 Å². The molecule has 27 heavy (non-hydrogen) atoms. The van der Waals surface area contributed by atoms with E-state index >= 15 is 0 Å². The Balaban J connectivity index is 1.39. The van der Waals surface area contributed by atoms with Crippen molar-refractivity contribution in [3.8, 4) is 0 Å². The molecule has 0 aliphatic carbocycles. The van der Waals surface area contributed by atoms with E-state index in [1.54, 1.807) is 4.52 Å². The summed E-state index contributed by atoms with van der Waals surface area (Å²) in [4.78, 5) is 8.60. The number of aryl methyl sites for hydroxylation is 2. The van der Waals surface area contributed by atoms with Gasteiger partial charge in [0.05, 0.1) is 0 Å². The van der Waals surface area contributed by atoms with Gasteiger partial charge in [0.2, 0.25) is 0 Å². The van der Waals surface area contributed by atoms with E-state index in [1.165, 1.54) is 11.9 Å². The molecule has 8 nitrogen and oxygen atoms in total. The molecule has 136 valence electrons. The molecule has 3 aromatic heterocycles. The molecule has 1 aromatic carbocycles. The first-order valence-corrected chi connectivity index (χ1v) is 9.15. The molecule has 0 saturated carbocycles. The minimum atomic E-state index is 0.275. The fourth-order valence-corrected chi connectivity index (χ4v) is 3.65. The highest BCUT2D eigenvalue weighted by Crippen LogP contribution is 2.21. The molecule has 0 radical (unpaired) electrons. The van der Waals surface area contributed by atoms with E-state index in [2.05, 4.69) is 59.4 Å². The third-order valence-corrected chi connectivity index (χ3v) is 4.96. The number of anilines is 1. The van der Waals surface area contributed by atoms with Crippen LogP contribution >= 0.6 is 0 Å². The van der Waals surface area contributed by atoms with Crippen LogP contribution in [0.4, 0.5) is 5.82 Å². The van der Waals surface area contributed by atoms with Crippen LogP contribution in [0.15, 0.2) is 42.7 Å². The van der Waals surface area contributed by atoms with Crippen LogP contribution in [-0.2, 0) is 19.4 Å². The van der Waals surface area contributed by atoms with Crippen molar-refractivity contribution in [2.24, 2.45) is 0 Å². The van der Waals surface area contributed by atoms with Crippen LogP contribution in [0.5, 0.6) is 0 Å². The molecular weight excluding hydrogens is 340 g/mol. The van der Waals surface area contributed by atoms with E-state index in [4.69, 9.17) is 0 Å². The average molecular weight is 360 g/mol. The topological polar surface area (TPSA) is 85.8 Å². The number of nitrogens with one attached hydrogen (secondary N) is 1. The highest BCUT2D eigenvalue weighted by Gasteiger charge is 2.23. The maximum absolute atomic E-state index is 4.44. The molecule has 0 fully saturated rings. The molecule has 1 N–H and O–H groups in total. The molecular formula is C19H20N8. The quantitative estimate of drug-likeness (QED) is 0.599. The van der Waals surface area contributed by atoms with E-state index in [1.807, 2.05) is 19.1 Å². The number of fused-ring (bicyclic) bond motifs is 2. The van der Waals surface area contributed by atoms with Crippen LogP contribution in [0, 0.1) is 6.92 Å². The first-order valence-electron chi connectivity index (χ1n) is 9.15. The van der Waals surface area contributed by atoms with Gasteiger partial charge in [-0.25, -0.2) is 4.98 Å². The molecule has 0 saturated heterocycles. The fraction of sp³-hybridized carbons (Fsp3) is 0.316. The van der Waals surface area contributed by atoms with Gasteiger partial charge in [-0.15, -0.1) is 10.2 Å². The lowest BCUT2D eigenvalue weighted by Gasteiger charge is -2.26. The van der Waals surface area contributed by atoms with Crippen LogP contribution < -0.4 is 5.32 Å². The smallest absolute Gasteiger partial charge is 0.254 e. The van der Waals surface area contributed by atoms with Gasteiger partial charge >= 0.3 is 0 Å². The van der Waals surface area contributed by atoms with Crippen molar-refractivity contribution >= 4 is 11.6 Å². The Morgan fingerprint density at radius 2 is 2.07 bits per heavy atom. The van der Waals surface area contributed by atoms with Crippen LogP contribution in [0.3, 0.4) is 0 Å². The Labute approximate surface area is 156 Å². The minimum Gasteiger partial charge on any atom is -0.365 e. The molecule has 8 heteroatoms. The molecule has 4 aromatic rings. The number of rotatable bonds is 4.